The molecule has 0 saturated carbocycles. The molecule has 0 aliphatic carbocycles. The Labute approximate surface area is 169 Å². The minimum Gasteiger partial charge on any atom is -0.507 e. The van der Waals surface area contributed by atoms with Gasteiger partial charge in [0.1, 0.15) is 11.3 Å². The van der Waals surface area contributed by atoms with E-state index in [9.17, 15) is 19.5 Å². The predicted molar refractivity (Wildman–Crippen MR) is 106 cm³/mol. The molecule has 0 spiro atoms. The molecule has 142 valence electrons. The van der Waals surface area contributed by atoms with E-state index in [4.69, 9.17) is 28.9 Å². The molecule has 3 N–H and O–H groups in total. The third kappa shape index (κ3) is 3.85. The number of carboxylic acid groups (broad SMARTS) is 1. The maximum absolute atomic E-state index is 12.8. The number of benzene rings is 2. The first-order valence-electron chi connectivity index (χ1n) is 7.83. The van der Waals surface area contributed by atoms with Crippen LogP contribution in [0, 0.1) is 5.92 Å². The highest BCUT2D eigenvalue weighted by atomic mass is 35.5. The number of carboxylic acids is 1. The Kier molecular flexibility index (Phi) is 5.39. The van der Waals surface area contributed by atoms with Crippen molar-refractivity contribution in [1.29, 1.82) is 0 Å². The predicted octanol–water partition coefficient (Wildman–Crippen LogP) is 2.51. The number of carbonyl (C=O) groups excluding carboxylic acids is 2. The smallest absolute Gasteiger partial charge is 0.339 e. The average Bonchev–Trinajstić information content (AvgIpc) is 2.63. The van der Waals surface area contributed by atoms with Crippen molar-refractivity contribution in [1.82, 2.24) is 5.32 Å². The summed E-state index contributed by atoms with van der Waals surface area (Å²) >= 11 is 10.9. The van der Waals surface area contributed by atoms with Gasteiger partial charge in [-0.25, -0.2) is 4.79 Å². The van der Waals surface area contributed by atoms with Crippen molar-refractivity contribution in [2.45, 2.75) is 0 Å². The Balaban J connectivity index is 1.89. The SMILES string of the molecule is O=C(O)c1cc(N=C[C@@H]2C(=O)NC(=S)N(c3ccc(Cl)cc3)C2=O)ccc1O. The third-order valence-electron chi connectivity index (χ3n) is 3.87. The fourth-order valence-corrected chi connectivity index (χ4v) is 2.91. The highest BCUT2D eigenvalue weighted by Crippen LogP contribution is 2.25. The number of aromatic carboxylic acids is 1. The van der Waals surface area contributed by atoms with Gasteiger partial charge < -0.3 is 15.5 Å². The van der Waals surface area contributed by atoms with Crippen molar-refractivity contribution in [3.05, 3.63) is 53.1 Å². The molecule has 1 saturated heterocycles. The lowest BCUT2D eigenvalue weighted by Crippen LogP contribution is -2.58. The number of nitrogens with one attached hydrogen (secondary N) is 1. The van der Waals surface area contributed by atoms with Gasteiger partial charge in [0.15, 0.2) is 11.0 Å². The van der Waals surface area contributed by atoms with Gasteiger partial charge in [0.25, 0.3) is 5.91 Å². The molecule has 10 heteroatoms. The molecular formula is C18H12ClN3O5S. The summed E-state index contributed by atoms with van der Waals surface area (Å²) in [4.78, 5) is 41.3. The van der Waals surface area contributed by atoms with Crippen LogP contribution in [0.15, 0.2) is 47.5 Å². The van der Waals surface area contributed by atoms with Gasteiger partial charge >= 0.3 is 5.97 Å². The van der Waals surface area contributed by atoms with Crippen LogP contribution in [0.1, 0.15) is 10.4 Å². The van der Waals surface area contributed by atoms with Gasteiger partial charge in [0, 0.05) is 11.2 Å². The molecule has 1 aliphatic heterocycles. The van der Waals surface area contributed by atoms with Crippen LogP contribution in [0.4, 0.5) is 11.4 Å². The number of aromatic hydroxyl groups is 1. The number of nitrogens with zero attached hydrogens (tertiary/aromatic N) is 2. The van der Waals surface area contributed by atoms with Gasteiger partial charge in [-0.15, -0.1) is 0 Å². The maximum Gasteiger partial charge on any atom is 0.339 e. The van der Waals surface area contributed by atoms with Crippen molar-refractivity contribution in [2.24, 2.45) is 10.9 Å². The highest BCUT2D eigenvalue weighted by Gasteiger charge is 2.38. The summed E-state index contributed by atoms with van der Waals surface area (Å²) in [5.74, 6) is -4.29. The van der Waals surface area contributed by atoms with E-state index in [1.54, 1.807) is 24.3 Å². The number of hydrogen-bond acceptors (Lipinski definition) is 6. The Morgan fingerprint density at radius 2 is 1.89 bits per heavy atom. The van der Waals surface area contributed by atoms with Crippen LogP contribution < -0.4 is 10.2 Å². The van der Waals surface area contributed by atoms with E-state index in [0.717, 1.165) is 23.2 Å². The van der Waals surface area contributed by atoms with E-state index < -0.39 is 29.5 Å². The molecule has 1 fully saturated rings. The number of carbonyl (C=O) groups is 3. The first-order chi connectivity index (χ1) is 13.3. The van der Waals surface area contributed by atoms with Gasteiger partial charge in [-0.05, 0) is 54.7 Å². The number of phenols is 1. The van der Waals surface area contributed by atoms with Crippen molar-refractivity contribution >= 4 is 64.3 Å². The Morgan fingerprint density at radius 1 is 1.21 bits per heavy atom. The van der Waals surface area contributed by atoms with E-state index in [-0.39, 0.29) is 16.4 Å². The number of aliphatic imine (C=N–C) groups is 1. The fraction of sp³-hybridized carbons (Fsp3) is 0.0556. The van der Waals surface area contributed by atoms with Crippen molar-refractivity contribution in [2.75, 3.05) is 4.90 Å². The fourth-order valence-electron chi connectivity index (χ4n) is 2.49. The molecule has 3 rings (SSSR count). The molecule has 1 aliphatic rings. The summed E-state index contributed by atoms with van der Waals surface area (Å²) in [5.41, 5.74) is 0.232. The van der Waals surface area contributed by atoms with Crippen LogP contribution in [0.2, 0.25) is 5.02 Å². The minimum absolute atomic E-state index is 0.0697. The van der Waals surface area contributed by atoms with Crippen LogP contribution in [0.25, 0.3) is 0 Å². The van der Waals surface area contributed by atoms with E-state index in [1.807, 2.05) is 0 Å². The third-order valence-corrected chi connectivity index (χ3v) is 4.41. The average molecular weight is 418 g/mol. The zero-order valence-electron chi connectivity index (χ0n) is 14.0. The molecule has 1 heterocycles. The standard InChI is InChI=1S/C18H12ClN3O5S/c19-9-1-4-11(5-2-9)22-16(25)13(15(24)21-18(22)28)8-20-10-3-6-14(23)12(7-10)17(26)27/h1-8,13,23H,(H,26,27)(H,21,24,28)/t13-/m1/s1. The molecular weight excluding hydrogens is 406 g/mol. The highest BCUT2D eigenvalue weighted by molar-refractivity contribution is 7.80. The zero-order chi connectivity index (χ0) is 20.4. The molecule has 1 atom stereocenters. The molecule has 2 amide bonds. The number of thiocarbonyl (C=S) groups is 1. The Morgan fingerprint density at radius 3 is 2.54 bits per heavy atom. The first kappa shape index (κ1) is 19.5. The monoisotopic (exact) mass is 417 g/mol. The van der Waals surface area contributed by atoms with Crippen LogP contribution in [-0.4, -0.2) is 39.3 Å². The van der Waals surface area contributed by atoms with Gasteiger partial charge in [-0.2, -0.15) is 0 Å². The minimum atomic E-state index is -1.33. The summed E-state index contributed by atoms with van der Waals surface area (Å²) in [6, 6.07) is 9.96. The van der Waals surface area contributed by atoms with E-state index in [1.165, 1.54) is 6.07 Å². The number of halogens is 1. The van der Waals surface area contributed by atoms with E-state index in [2.05, 4.69) is 10.3 Å². The van der Waals surface area contributed by atoms with Crippen LogP contribution >= 0.6 is 23.8 Å². The maximum atomic E-state index is 12.8. The lowest BCUT2D eigenvalue weighted by atomic mass is 10.1. The Hall–Kier alpha value is -3.30. The second kappa shape index (κ2) is 7.75. The van der Waals surface area contributed by atoms with E-state index in [0.29, 0.717) is 10.7 Å². The summed E-state index contributed by atoms with van der Waals surface area (Å²) < 4.78 is 0. The number of amides is 2. The van der Waals surface area contributed by atoms with Gasteiger partial charge in [-0.3, -0.25) is 19.5 Å². The largest absolute Gasteiger partial charge is 0.507 e. The lowest BCUT2D eigenvalue weighted by molar-refractivity contribution is -0.130. The summed E-state index contributed by atoms with van der Waals surface area (Å²) in [7, 11) is 0. The van der Waals surface area contributed by atoms with Gasteiger partial charge in [0.2, 0.25) is 5.91 Å². The zero-order valence-corrected chi connectivity index (χ0v) is 15.6. The molecule has 8 nitrogen and oxygen atoms in total. The molecule has 2 aromatic rings. The van der Waals surface area contributed by atoms with Crippen molar-refractivity contribution < 1.29 is 24.6 Å². The number of rotatable bonds is 4. The molecule has 0 aromatic heterocycles. The first-order valence-corrected chi connectivity index (χ1v) is 8.61. The van der Waals surface area contributed by atoms with Crippen LogP contribution in [0.5, 0.6) is 5.75 Å². The van der Waals surface area contributed by atoms with Crippen molar-refractivity contribution in [3.8, 4) is 5.75 Å². The molecule has 0 bridgehead atoms. The quantitative estimate of drug-likeness (QED) is 0.399. The van der Waals surface area contributed by atoms with E-state index >= 15 is 0 Å². The second-order valence-corrected chi connectivity index (χ2v) is 6.53. The van der Waals surface area contributed by atoms with Gasteiger partial charge in [0.05, 0.1) is 11.4 Å². The van der Waals surface area contributed by atoms with Gasteiger partial charge in [-0.1, -0.05) is 11.6 Å². The van der Waals surface area contributed by atoms with Crippen LogP contribution in [-0.2, 0) is 9.59 Å². The molecule has 2 aromatic carbocycles. The lowest BCUT2D eigenvalue weighted by Gasteiger charge is -2.30. The summed E-state index contributed by atoms with van der Waals surface area (Å²) in [6.07, 6.45) is 1.10. The summed E-state index contributed by atoms with van der Waals surface area (Å²) in [6.45, 7) is 0. The number of anilines is 1. The normalized spacial score (nSPS) is 17.1. The van der Waals surface area contributed by atoms with Crippen molar-refractivity contribution in [3.63, 3.8) is 0 Å². The number of hydrogen-bond donors (Lipinski definition) is 3. The van der Waals surface area contributed by atoms with Crippen LogP contribution in [0.3, 0.4) is 0 Å². The topological polar surface area (TPSA) is 119 Å². The summed E-state index contributed by atoms with van der Waals surface area (Å²) in [5, 5.41) is 21.4. The second-order valence-electron chi connectivity index (χ2n) is 5.71. The molecule has 0 unspecified atom stereocenters. The molecule has 0 radical (unpaired) electrons. The Bertz CT molecular complexity index is 1020. The molecule has 28 heavy (non-hydrogen) atoms.